The second-order valence-electron chi connectivity index (χ2n) is 8.03. The molecule has 0 aliphatic rings. The van der Waals surface area contributed by atoms with E-state index in [4.69, 9.17) is 0 Å². The van der Waals surface area contributed by atoms with Gasteiger partial charge >= 0.3 is 0 Å². The maximum absolute atomic E-state index is 14.7. The second-order valence-corrected chi connectivity index (χ2v) is 8.03. The highest BCUT2D eigenvalue weighted by Crippen LogP contribution is 2.25. The average molecular weight is 389 g/mol. The first-order chi connectivity index (χ1) is 14.2. The lowest BCUT2D eigenvalue weighted by molar-refractivity contribution is 0.628. The zero-order valence-electron chi connectivity index (χ0n) is 17.9. The molecule has 0 nitrogen and oxygen atoms in total. The normalized spacial score (nSPS) is 11.0. The Kier molecular flexibility index (Phi) is 8.04. The molecule has 0 heterocycles. The summed E-state index contributed by atoms with van der Waals surface area (Å²) in [6.45, 7) is 4.41. The van der Waals surface area contributed by atoms with Gasteiger partial charge in [0.1, 0.15) is 5.82 Å². The Hall–Kier alpha value is -2.41. The number of halogens is 1. The first-order valence-corrected chi connectivity index (χ1v) is 11.1. The summed E-state index contributed by atoms with van der Waals surface area (Å²) in [7, 11) is 0. The fourth-order valence-electron chi connectivity index (χ4n) is 3.83. The lowest BCUT2D eigenvalue weighted by Crippen LogP contribution is -1.95. The predicted octanol–water partition coefficient (Wildman–Crippen LogP) is 7.96. The summed E-state index contributed by atoms with van der Waals surface area (Å²) in [6.07, 6.45) is 9.00. The van der Waals surface area contributed by atoms with Gasteiger partial charge in [0.05, 0.1) is 0 Å². The molecule has 0 fully saturated rings. The van der Waals surface area contributed by atoms with E-state index in [9.17, 15) is 4.39 Å². The van der Waals surface area contributed by atoms with Crippen molar-refractivity contribution in [3.05, 3.63) is 94.8 Å². The quantitative estimate of drug-likeness (QED) is 0.309. The molecule has 0 N–H and O–H groups in total. The van der Waals surface area contributed by atoms with Gasteiger partial charge in [-0.1, -0.05) is 93.8 Å². The van der Waals surface area contributed by atoms with Gasteiger partial charge in [0.2, 0.25) is 0 Å². The van der Waals surface area contributed by atoms with Gasteiger partial charge in [0.15, 0.2) is 0 Å². The molecule has 0 aliphatic heterocycles. The Labute approximate surface area is 175 Å². The van der Waals surface area contributed by atoms with Crippen molar-refractivity contribution in [2.45, 2.75) is 65.2 Å². The Morgan fingerprint density at radius 2 is 1.10 bits per heavy atom. The number of unbranched alkanes of at least 4 members (excludes halogenated alkanes) is 2. The summed E-state index contributed by atoms with van der Waals surface area (Å²) in [5.74, 6) is -0.128. The van der Waals surface area contributed by atoms with Crippen molar-refractivity contribution in [2.75, 3.05) is 0 Å². The van der Waals surface area contributed by atoms with Crippen LogP contribution in [-0.2, 0) is 25.7 Å². The van der Waals surface area contributed by atoms with Crippen molar-refractivity contribution in [3.8, 4) is 11.1 Å². The third kappa shape index (κ3) is 6.29. The third-order valence-electron chi connectivity index (χ3n) is 5.63. The minimum absolute atomic E-state index is 0.128. The molecule has 0 bridgehead atoms. The zero-order chi connectivity index (χ0) is 20.5. The number of rotatable bonds is 10. The van der Waals surface area contributed by atoms with Crippen molar-refractivity contribution in [1.29, 1.82) is 0 Å². The molecule has 29 heavy (non-hydrogen) atoms. The van der Waals surface area contributed by atoms with E-state index in [-0.39, 0.29) is 5.82 Å². The molecular formula is C28H33F. The van der Waals surface area contributed by atoms with E-state index in [1.54, 1.807) is 6.07 Å². The molecule has 0 saturated heterocycles. The van der Waals surface area contributed by atoms with Crippen molar-refractivity contribution in [3.63, 3.8) is 0 Å². The predicted molar refractivity (Wildman–Crippen MR) is 123 cm³/mol. The summed E-state index contributed by atoms with van der Waals surface area (Å²) in [5, 5.41) is 0. The van der Waals surface area contributed by atoms with Gasteiger partial charge in [0.25, 0.3) is 0 Å². The van der Waals surface area contributed by atoms with Crippen LogP contribution < -0.4 is 0 Å². The number of hydrogen-bond donors (Lipinski definition) is 0. The van der Waals surface area contributed by atoms with Crippen molar-refractivity contribution in [2.24, 2.45) is 0 Å². The standard InChI is InChI=1S/C28H33F/c1-3-5-6-8-23-9-11-24(12-10-23)13-14-25-17-20-27(28(29)21-25)26-18-15-22(7-4-2)16-19-26/h9-12,15-21H,3-8,13-14H2,1-2H3. The van der Waals surface area contributed by atoms with Crippen molar-refractivity contribution >= 4 is 0 Å². The molecule has 152 valence electrons. The SMILES string of the molecule is CCCCCc1ccc(CCc2ccc(-c3ccc(CCC)cc3)c(F)c2)cc1. The molecule has 0 unspecified atom stereocenters. The molecular weight excluding hydrogens is 355 g/mol. The maximum atomic E-state index is 14.7. The lowest BCUT2D eigenvalue weighted by atomic mass is 9.98. The fraction of sp³-hybridized carbons (Fsp3) is 0.357. The number of aryl methyl sites for hydroxylation is 4. The summed E-state index contributed by atoms with van der Waals surface area (Å²) in [6, 6.07) is 22.9. The zero-order valence-corrected chi connectivity index (χ0v) is 17.9. The molecule has 3 rings (SSSR count). The van der Waals surface area contributed by atoms with Gasteiger partial charge in [-0.3, -0.25) is 0 Å². The molecule has 0 aromatic heterocycles. The van der Waals surface area contributed by atoms with Crippen LogP contribution in [0, 0.1) is 5.82 Å². The monoisotopic (exact) mass is 388 g/mol. The largest absolute Gasteiger partial charge is 0.206 e. The molecule has 3 aromatic rings. The minimum Gasteiger partial charge on any atom is -0.206 e. The smallest absolute Gasteiger partial charge is 0.131 e. The van der Waals surface area contributed by atoms with Crippen molar-refractivity contribution in [1.82, 2.24) is 0 Å². The average Bonchev–Trinajstić information content (AvgIpc) is 2.74. The number of benzene rings is 3. The Morgan fingerprint density at radius 3 is 1.72 bits per heavy atom. The van der Waals surface area contributed by atoms with Crippen LogP contribution in [0.25, 0.3) is 11.1 Å². The summed E-state index contributed by atoms with van der Waals surface area (Å²) < 4.78 is 14.7. The first-order valence-electron chi connectivity index (χ1n) is 11.1. The van der Waals surface area contributed by atoms with E-state index in [1.807, 2.05) is 18.2 Å². The molecule has 1 heteroatoms. The van der Waals surface area contributed by atoms with E-state index >= 15 is 0 Å². The lowest BCUT2D eigenvalue weighted by Gasteiger charge is -2.08. The van der Waals surface area contributed by atoms with Crippen LogP contribution in [-0.4, -0.2) is 0 Å². The number of hydrogen-bond acceptors (Lipinski definition) is 0. The van der Waals surface area contributed by atoms with Gasteiger partial charge in [-0.15, -0.1) is 0 Å². The Balaban J connectivity index is 1.59. The highest BCUT2D eigenvalue weighted by atomic mass is 19.1. The van der Waals surface area contributed by atoms with Gasteiger partial charge in [-0.25, -0.2) is 4.39 Å². The summed E-state index contributed by atoms with van der Waals surface area (Å²) >= 11 is 0. The van der Waals surface area contributed by atoms with E-state index in [1.165, 1.54) is 42.4 Å². The third-order valence-corrected chi connectivity index (χ3v) is 5.63. The topological polar surface area (TPSA) is 0 Å². The van der Waals surface area contributed by atoms with E-state index < -0.39 is 0 Å². The molecule has 0 saturated carbocycles. The van der Waals surface area contributed by atoms with Crippen LogP contribution in [0.2, 0.25) is 0 Å². The minimum atomic E-state index is -0.128. The van der Waals surface area contributed by atoms with Crippen LogP contribution in [0.1, 0.15) is 61.8 Å². The highest BCUT2D eigenvalue weighted by molar-refractivity contribution is 5.64. The molecule has 0 radical (unpaired) electrons. The molecule has 0 aliphatic carbocycles. The summed E-state index contributed by atoms with van der Waals surface area (Å²) in [5.41, 5.74) is 6.74. The molecule has 0 spiro atoms. The van der Waals surface area contributed by atoms with Crippen LogP contribution in [0.3, 0.4) is 0 Å². The van der Waals surface area contributed by atoms with Crippen molar-refractivity contribution < 1.29 is 4.39 Å². The van der Waals surface area contributed by atoms with E-state index in [0.717, 1.165) is 36.8 Å². The molecule has 0 atom stereocenters. The van der Waals surface area contributed by atoms with Gasteiger partial charge in [-0.2, -0.15) is 0 Å². The van der Waals surface area contributed by atoms with E-state index in [0.29, 0.717) is 5.56 Å². The fourth-order valence-corrected chi connectivity index (χ4v) is 3.83. The van der Waals surface area contributed by atoms with Crippen LogP contribution in [0.5, 0.6) is 0 Å². The van der Waals surface area contributed by atoms with Gasteiger partial charge in [-0.05, 0) is 66.0 Å². The Bertz CT molecular complexity index is 875. The van der Waals surface area contributed by atoms with Crippen LogP contribution in [0.15, 0.2) is 66.7 Å². The maximum Gasteiger partial charge on any atom is 0.131 e. The highest BCUT2D eigenvalue weighted by Gasteiger charge is 2.07. The molecule has 3 aromatic carbocycles. The summed E-state index contributed by atoms with van der Waals surface area (Å²) in [4.78, 5) is 0. The van der Waals surface area contributed by atoms with E-state index in [2.05, 4.69) is 56.3 Å². The van der Waals surface area contributed by atoms with Crippen LogP contribution in [0.4, 0.5) is 4.39 Å². The van der Waals surface area contributed by atoms with Gasteiger partial charge < -0.3 is 0 Å². The molecule has 0 amide bonds. The second kappa shape index (κ2) is 11.0. The van der Waals surface area contributed by atoms with Crippen LogP contribution >= 0.6 is 0 Å². The Morgan fingerprint density at radius 1 is 0.552 bits per heavy atom. The van der Waals surface area contributed by atoms with Gasteiger partial charge in [0, 0.05) is 5.56 Å². The first kappa shape index (κ1) is 21.3.